The average molecular weight is 185 g/mol. The van der Waals surface area contributed by atoms with Crippen LogP contribution in [0.15, 0.2) is 12.1 Å². The van der Waals surface area contributed by atoms with Crippen molar-refractivity contribution in [2.75, 3.05) is 0 Å². The number of ether oxygens (including phenoxy) is 1. The van der Waals surface area contributed by atoms with E-state index in [1.54, 1.807) is 6.92 Å². The summed E-state index contributed by atoms with van der Waals surface area (Å²) in [4.78, 5) is 0. The van der Waals surface area contributed by atoms with E-state index in [2.05, 4.69) is 0 Å². The van der Waals surface area contributed by atoms with Crippen LogP contribution in [-0.4, -0.2) is 6.10 Å². The fourth-order valence-electron chi connectivity index (χ4n) is 1.44. The van der Waals surface area contributed by atoms with Crippen LogP contribution in [0.25, 0.3) is 0 Å². The summed E-state index contributed by atoms with van der Waals surface area (Å²) in [6, 6.07) is 2.15. The SMILES string of the molecule is CC1Oc2c(ccc(F)c2F)C1N. The summed E-state index contributed by atoms with van der Waals surface area (Å²) in [5, 5.41) is 0. The summed E-state index contributed by atoms with van der Waals surface area (Å²) in [5.41, 5.74) is 6.23. The minimum absolute atomic E-state index is 0.0417. The molecule has 2 rings (SSSR count). The lowest BCUT2D eigenvalue weighted by molar-refractivity contribution is 0.218. The fourth-order valence-corrected chi connectivity index (χ4v) is 1.44. The van der Waals surface area contributed by atoms with E-state index < -0.39 is 11.6 Å². The van der Waals surface area contributed by atoms with Crippen molar-refractivity contribution in [2.45, 2.75) is 19.1 Å². The lowest BCUT2D eigenvalue weighted by Gasteiger charge is -2.07. The van der Waals surface area contributed by atoms with E-state index in [0.717, 1.165) is 6.07 Å². The summed E-state index contributed by atoms with van der Waals surface area (Å²) in [6.07, 6.45) is -0.300. The zero-order valence-electron chi connectivity index (χ0n) is 7.05. The van der Waals surface area contributed by atoms with Gasteiger partial charge in [-0.05, 0) is 13.0 Å². The molecule has 2 N–H and O–H groups in total. The molecule has 1 aromatic carbocycles. The third-order valence-corrected chi connectivity index (χ3v) is 2.25. The van der Waals surface area contributed by atoms with Crippen LogP contribution in [0.5, 0.6) is 5.75 Å². The Balaban J connectivity index is 2.57. The Hall–Kier alpha value is -1.16. The van der Waals surface area contributed by atoms with Gasteiger partial charge in [0, 0.05) is 5.56 Å². The lowest BCUT2D eigenvalue weighted by atomic mass is 10.1. The van der Waals surface area contributed by atoms with Crippen molar-refractivity contribution in [3.63, 3.8) is 0 Å². The quantitative estimate of drug-likeness (QED) is 0.668. The Kier molecular flexibility index (Phi) is 1.73. The molecule has 0 amide bonds. The predicted octanol–water partition coefficient (Wildman–Crippen LogP) is 1.75. The Morgan fingerprint density at radius 3 is 2.77 bits per heavy atom. The average Bonchev–Trinajstić information content (AvgIpc) is 2.38. The van der Waals surface area contributed by atoms with Crippen LogP contribution in [-0.2, 0) is 0 Å². The highest BCUT2D eigenvalue weighted by molar-refractivity contribution is 5.41. The second kappa shape index (κ2) is 2.67. The third-order valence-electron chi connectivity index (χ3n) is 2.25. The molecule has 0 aliphatic carbocycles. The standard InChI is InChI=1S/C9H9F2NO/c1-4-8(12)5-2-3-6(10)7(11)9(5)13-4/h2-4,8H,12H2,1H3. The maximum Gasteiger partial charge on any atom is 0.200 e. The van der Waals surface area contributed by atoms with Crippen LogP contribution >= 0.6 is 0 Å². The molecule has 4 heteroatoms. The fraction of sp³-hybridized carbons (Fsp3) is 0.333. The summed E-state index contributed by atoms with van der Waals surface area (Å²) in [6.45, 7) is 1.72. The first kappa shape index (κ1) is 8.44. The van der Waals surface area contributed by atoms with Crippen LogP contribution in [0.3, 0.4) is 0 Å². The molecule has 0 aromatic heterocycles. The zero-order valence-corrected chi connectivity index (χ0v) is 7.05. The molecule has 0 radical (unpaired) electrons. The van der Waals surface area contributed by atoms with Gasteiger partial charge in [0.15, 0.2) is 11.6 Å². The van der Waals surface area contributed by atoms with Crippen molar-refractivity contribution in [3.8, 4) is 5.75 Å². The Morgan fingerprint density at radius 1 is 1.38 bits per heavy atom. The molecule has 2 atom stereocenters. The minimum atomic E-state index is -0.947. The van der Waals surface area contributed by atoms with E-state index in [9.17, 15) is 8.78 Å². The number of benzene rings is 1. The Bertz CT molecular complexity index is 354. The number of hydrogen-bond acceptors (Lipinski definition) is 2. The smallest absolute Gasteiger partial charge is 0.200 e. The highest BCUT2D eigenvalue weighted by Gasteiger charge is 2.31. The van der Waals surface area contributed by atoms with Gasteiger partial charge in [-0.25, -0.2) is 4.39 Å². The molecule has 0 spiro atoms. The second-order valence-corrected chi connectivity index (χ2v) is 3.13. The third kappa shape index (κ3) is 1.09. The van der Waals surface area contributed by atoms with Gasteiger partial charge in [0.05, 0.1) is 6.04 Å². The van der Waals surface area contributed by atoms with Crippen molar-refractivity contribution in [1.29, 1.82) is 0 Å². The van der Waals surface area contributed by atoms with Gasteiger partial charge in [-0.1, -0.05) is 6.07 Å². The van der Waals surface area contributed by atoms with Crippen molar-refractivity contribution in [2.24, 2.45) is 5.73 Å². The van der Waals surface area contributed by atoms with E-state index in [4.69, 9.17) is 10.5 Å². The summed E-state index contributed by atoms with van der Waals surface area (Å²) in [7, 11) is 0. The molecule has 0 saturated heterocycles. The van der Waals surface area contributed by atoms with Gasteiger partial charge in [-0.2, -0.15) is 4.39 Å². The van der Waals surface area contributed by atoms with Crippen LogP contribution in [0.1, 0.15) is 18.5 Å². The molecule has 2 nitrogen and oxygen atoms in total. The topological polar surface area (TPSA) is 35.2 Å². The van der Waals surface area contributed by atoms with E-state index in [1.807, 2.05) is 0 Å². The molecule has 0 bridgehead atoms. The molecule has 1 aromatic rings. The van der Waals surface area contributed by atoms with E-state index in [1.165, 1.54) is 6.07 Å². The van der Waals surface area contributed by atoms with Crippen molar-refractivity contribution in [3.05, 3.63) is 29.3 Å². The van der Waals surface area contributed by atoms with Crippen LogP contribution < -0.4 is 10.5 Å². The minimum Gasteiger partial charge on any atom is -0.485 e. The van der Waals surface area contributed by atoms with Gasteiger partial charge in [0.25, 0.3) is 0 Å². The summed E-state index contributed by atoms with van der Waals surface area (Å²) >= 11 is 0. The van der Waals surface area contributed by atoms with Gasteiger partial charge in [0.1, 0.15) is 6.10 Å². The van der Waals surface area contributed by atoms with E-state index in [-0.39, 0.29) is 17.9 Å². The van der Waals surface area contributed by atoms with Crippen molar-refractivity contribution < 1.29 is 13.5 Å². The van der Waals surface area contributed by atoms with Crippen molar-refractivity contribution in [1.82, 2.24) is 0 Å². The van der Waals surface area contributed by atoms with E-state index >= 15 is 0 Å². The maximum absolute atomic E-state index is 13.1. The Morgan fingerprint density at radius 2 is 2.08 bits per heavy atom. The van der Waals surface area contributed by atoms with Crippen LogP contribution in [0.2, 0.25) is 0 Å². The number of halogens is 2. The van der Waals surface area contributed by atoms with Gasteiger partial charge >= 0.3 is 0 Å². The van der Waals surface area contributed by atoms with Gasteiger partial charge in [0.2, 0.25) is 5.82 Å². The first-order valence-corrected chi connectivity index (χ1v) is 4.01. The highest BCUT2D eigenvalue weighted by atomic mass is 19.2. The monoisotopic (exact) mass is 185 g/mol. The van der Waals surface area contributed by atoms with Crippen LogP contribution in [0, 0.1) is 11.6 Å². The van der Waals surface area contributed by atoms with E-state index in [0.29, 0.717) is 5.56 Å². The molecular formula is C9H9F2NO. The highest BCUT2D eigenvalue weighted by Crippen LogP contribution is 2.37. The Labute approximate surface area is 74.3 Å². The number of rotatable bonds is 0. The molecule has 13 heavy (non-hydrogen) atoms. The number of fused-ring (bicyclic) bond motifs is 1. The molecule has 1 aliphatic rings. The number of hydrogen-bond donors (Lipinski definition) is 1. The molecule has 0 saturated carbocycles. The molecule has 1 heterocycles. The lowest BCUT2D eigenvalue weighted by Crippen LogP contribution is -2.21. The molecule has 1 aliphatic heterocycles. The summed E-state index contributed by atoms with van der Waals surface area (Å²) < 4.78 is 30.9. The van der Waals surface area contributed by atoms with Gasteiger partial charge in [-0.15, -0.1) is 0 Å². The normalized spacial score (nSPS) is 25.5. The maximum atomic E-state index is 13.1. The van der Waals surface area contributed by atoms with Crippen molar-refractivity contribution >= 4 is 0 Å². The van der Waals surface area contributed by atoms with Gasteiger partial charge < -0.3 is 10.5 Å². The molecule has 70 valence electrons. The first-order chi connectivity index (χ1) is 6.11. The molecule has 2 unspecified atom stereocenters. The van der Waals surface area contributed by atoms with Crippen LogP contribution in [0.4, 0.5) is 8.78 Å². The largest absolute Gasteiger partial charge is 0.485 e. The zero-order chi connectivity index (χ0) is 9.59. The molecular weight excluding hydrogens is 176 g/mol. The second-order valence-electron chi connectivity index (χ2n) is 3.13. The first-order valence-electron chi connectivity index (χ1n) is 4.01. The molecule has 0 fully saturated rings. The van der Waals surface area contributed by atoms with Gasteiger partial charge in [-0.3, -0.25) is 0 Å². The number of nitrogens with two attached hydrogens (primary N) is 1. The summed E-state index contributed by atoms with van der Waals surface area (Å²) in [5.74, 6) is -1.89. The predicted molar refractivity (Wildman–Crippen MR) is 43.4 cm³/mol.